The number of hydrogen-bond donors (Lipinski definition) is 2. The molecular formula is C17H19N3O. The summed E-state index contributed by atoms with van der Waals surface area (Å²) in [6.07, 6.45) is 1.03. The lowest BCUT2D eigenvalue weighted by Gasteiger charge is -2.17. The molecule has 0 aromatic heterocycles. The van der Waals surface area contributed by atoms with Crippen LogP contribution in [0.2, 0.25) is 0 Å². The Morgan fingerprint density at radius 1 is 1.10 bits per heavy atom. The smallest absolute Gasteiger partial charge is 0.253 e. The number of hydrogen-bond acceptors (Lipinski definition) is 3. The van der Waals surface area contributed by atoms with Gasteiger partial charge >= 0.3 is 0 Å². The van der Waals surface area contributed by atoms with Gasteiger partial charge in [0.05, 0.1) is 0 Å². The minimum Gasteiger partial charge on any atom is -0.338 e. The largest absolute Gasteiger partial charge is 0.338 e. The highest BCUT2D eigenvalue weighted by Crippen LogP contribution is 2.28. The van der Waals surface area contributed by atoms with Gasteiger partial charge in [0.15, 0.2) is 0 Å². The maximum absolute atomic E-state index is 12.5. The number of amides is 1. The molecule has 1 aliphatic heterocycles. The molecule has 0 aliphatic carbocycles. The number of likely N-dealkylation sites (tertiary alicyclic amines) is 1. The van der Waals surface area contributed by atoms with E-state index in [0.29, 0.717) is 11.5 Å². The first-order valence-electron chi connectivity index (χ1n) is 7.19. The molecule has 3 N–H and O–H groups in total. The average Bonchev–Trinajstić information content (AvgIpc) is 3.05. The Hall–Kier alpha value is -2.33. The number of carbonyl (C=O) groups is 1. The van der Waals surface area contributed by atoms with Gasteiger partial charge in [-0.25, -0.2) is 0 Å². The van der Waals surface area contributed by atoms with E-state index in [9.17, 15) is 4.79 Å². The Labute approximate surface area is 124 Å². The van der Waals surface area contributed by atoms with E-state index in [-0.39, 0.29) is 5.91 Å². The van der Waals surface area contributed by atoms with Gasteiger partial charge in [0.25, 0.3) is 5.91 Å². The van der Waals surface area contributed by atoms with E-state index in [2.05, 4.69) is 29.7 Å². The van der Waals surface area contributed by atoms with Gasteiger partial charge in [0.1, 0.15) is 0 Å². The highest BCUT2D eigenvalue weighted by molar-refractivity contribution is 5.94. The standard InChI is InChI=1S/C17H19N3O/c18-19-16-8-6-14(7-9-16)17(21)20-11-10-15(12-20)13-4-2-1-3-5-13/h1-9,15,19H,10-12,18H2. The topological polar surface area (TPSA) is 58.4 Å². The summed E-state index contributed by atoms with van der Waals surface area (Å²) in [5.41, 5.74) is 5.39. The van der Waals surface area contributed by atoms with E-state index >= 15 is 0 Å². The summed E-state index contributed by atoms with van der Waals surface area (Å²) < 4.78 is 0. The van der Waals surface area contributed by atoms with Crippen molar-refractivity contribution in [1.82, 2.24) is 4.90 Å². The lowest BCUT2D eigenvalue weighted by Crippen LogP contribution is -2.28. The molecule has 3 rings (SSSR count). The fourth-order valence-corrected chi connectivity index (χ4v) is 2.83. The van der Waals surface area contributed by atoms with E-state index in [1.165, 1.54) is 5.56 Å². The first kappa shape index (κ1) is 13.6. The minimum absolute atomic E-state index is 0.0944. The number of nitrogens with two attached hydrogens (primary N) is 1. The molecule has 1 unspecified atom stereocenters. The predicted octanol–water partition coefficient (Wildman–Crippen LogP) is 2.60. The fourth-order valence-electron chi connectivity index (χ4n) is 2.83. The molecule has 0 bridgehead atoms. The van der Waals surface area contributed by atoms with Crippen molar-refractivity contribution in [3.05, 3.63) is 65.7 Å². The minimum atomic E-state index is 0.0944. The normalized spacial score (nSPS) is 17.8. The van der Waals surface area contributed by atoms with Crippen molar-refractivity contribution in [1.29, 1.82) is 0 Å². The van der Waals surface area contributed by atoms with Crippen LogP contribution in [0, 0.1) is 0 Å². The van der Waals surface area contributed by atoms with Gasteiger partial charge < -0.3 is 10.3 Å². The third-order valence-electron chi connectivity index (χ3n) is 4.04. The van der Waals surface area contributed by atoms with E-state index in [0.717, 1.165) is 25.2 Å². The van der Waals surface area contributed by atoms with E-state index in [1.807, 2.05) is 35.2 Å². The van der Waals surface area contributed by atoms with Crippen LogP contribution in [0.5, 0.6) is 0 Å². The molecule has 0 spiro atoms. The maximum Gasteiger partial charge on any atom is 0.253 e. The van der Waals surface area contributed by atoms with Gasteiger partial charge in [0, 0.05) is 30.3 Å². The van der Waals surface area contributed by atoms with Crippen LogP contribution in [0.4, 0.5) is 5.69 Å². The van der Waals surface area contributed by atoms with Gasteiger partial charge in [-0.05, 0) is 36.2 Å². The van der Waals surface area contributed by atoms with Crippen LogP contribution in [0.3, 0.4) is 0 Å². The van der Waals surface area contributed by atoms with Crippen molar-refractivity contribution in [3.8, 4) is 0 Å². The third-order valence-corrected chi connectivity index (χ3v) is 4.04. The number of nitrogens with zero attached hydrogens (tertiary/aromatic N) is 1. The van der Waals surface area contributed by atoms with Crippen LogP contribution in [0.15, 0.2) is 54.6 Å². The summed E-state index contributed by atoms with van der Waals surface area (Å²) in [7, 11) is 0. The summed E-state index contributed by atoms with van der Waals surface area (Å²) in [6.45, 7) is 1.61. The van der Waals surface area contributed by atoms with Crippen LogP contribution in [-0.2, 0) is 0 Å². The van der Waals surface area contributed by atoms with Crippen molar-refractivity contribution in [2.45, 2.75) is 12.3 Å². The number of anilines is 1. The Morgan fingerprint density at radius 3 is 2.48 bits per heavy atom. The van der Waals surface area contributed by atoms with Gasteiger partial charge in [0.2, 0.25) is 0 Å². The van der Waals surface area contributed by atoms with Gasteiger partial charge in [-0.1, -0.05) is 30.3 Å². The lowest BCUT2D eigenvalue weighted by molar-refractivity contribution is 0.0791. The summed E-state index contributed by atoms with van der Waals surface area (Å²) in [6, 6.07) is 17.7. The maximum atomic E-state index is 12.5. The second-order valence-electron chi connectivity index (χ2n) is 5.37. The number of carbonyl (C=O) groups excluding carboxylic acids is 1. The van der Waals surface area contributed by atoms with Crippen LogP contribution < -0.4 is 11.3 Å². The second-order valence-corrected chi connectivity index (χ2v) is 5.37. The quantitative estimate of drug-likeness (QED) is 0.671. The molecule has 0 saturated carbocycles. The Morgan fingerprint density at radius 2 is 1.81 bits per heavy atom. The molecule has 21 heavy (non-hydrogen) atoms. The van der Waals surface area contributed by atoms with Crippen molar-refractivity contribution in [2.24, 2.45) is 5.84 Å². The van der Waals surface area contributed by atoms with Crippen LogP contribution in [-0.4, -0.2) is 23.9 Å². The zero-order valence-corrected chi connectivity index (χ0v) is 11.8. The highest BCUT2D eigenvalue weighted by atomic mass is 16.2. The Bertz CT molecular complexity index is 610. The molecule has 1 heterocycles. The molecule has 1 atom stereocenters. The first-order chi connectivity index (χ1) is 10.3. The molecule has 1 fully saturated rings. The van der Waals surface area contributed by atoms with E-state index < -0.39 is 0 Å². The first-order valence-corrected chi connectivity index (χ1v) is 7.19. The summed E-state index contributed by atoms with van der Waals surface area (Å²) in [5, 5.41) is 0. The Kier molecular flexibility index (Phi) is 3.88. The molecule has 4 heteroatoms. The molecular weight excluding hydrogens is 262 g/mol. The van der Waals surface area contributed by atoms with Crippen LogP contribution >= 0.6 is 0 Å². The van der Waals surface area contributed by atoms with Crippen LogP contribution in [0.1, 0.15) is 28.3 Å². The molecule has 1 saturated heterocycles. The SMILES string of the molecule is NNc1ccc(C(=O)N2CCC(c3ccccc3)C2)cc1. The van der Waals surface area contributed by atoms with Crippen molar-refractivity contribution in [3.63, 3.8) is 0 Å². The number of hydrazine groups is 1. The predicted molar refractivity (Wildman–Crippen MR) is 84.0 cm³/mol. The average molecular weight is 281 g/mol. The summed E-state index contributed by atoms with van der Waals surface area (Å²) in [4.78, 5) is 14.4. The number of nitrogen functional groups attached to an aromatic ring is 1. The van der Waals surface area contributed by atoms with Crippen LogP contribution in [0.25, 0.3) is 0 Å². The molecule has 1 aliphatic rings. The number of benzene rings is 2. The molecule has 1 amide bonds. The molecule has 0 radical (unpaired) electrons. The number of nitrogens with one attached hydrogen (secondary N) is 1. The van der Waals surface area contributed by atoms with Crippen molar-refractivity contribution in [2.75, 3.05) is 18.5 Å². The molecule has 4 nitrogen and oxygen atoms in total. The highest BCUT2D eigenvalue weighted by Gasteiger charge is 2.27. The molecule has 108 valence electrons. The van der Waals surface area contributed by atoms with Crippen molar-refractivity contribution < 1.29 is 4.79 Å². The Balaban J connectivity index is 1.69. The zero-order chi connectivity index (χ0) is 14.7. The third kappa shape index (κ3) is 2.90. The molecule has 2 aromatic rings. The fraction of sp³-hybridized carbons (Fsp3) is 0.235. The van der Waals surface area contributed by atoms with E-state index in [1.54, 1.807) is 0 Å². The second kappa shape index (κ2) is 5.97. The molecule has 2 aromatic carbocycles. The zero-order valence-electron chi connectivity index (χ0n) is 11.8. The van der Waals surface area contributed by atoms with Gasteiger partial charge in [-0.3, -0.25) is 10.6 Å². The van der Waals surface area contributed by atoms with Crippen molar-refractivity contribution >= 4 is 11.6 Å². The van der Waals surface area contributed by atoms with Gasteiger partial charge in [-0.2, -0.15) is 0 Å². The monoisotopic (exact) mass is 281 g/mol. The summed E-state index contributed by atoms with van der Waals surface area (Å²) >= 11 is 0. The number of rotatable bonds is 3. The van der Waals surface area contributed by atoms with Gasteiger partial charge in [-0.15, -0.1) is 0 Å². The van der Waals surface area contributed by atoms with E-state index in [4.69, 9.17) is 5.84 Å². The lowest BCUT2D eigenvalue weighted by atomic mass is 9.99. The summed E-state index contributed by atoms with van der Waals surface area (Å²) in [5.74, 6) is 5.87.